The highest BCUT2D eigenvalue weighted by Gasteiger charge is 2.26. The zero-order valence-electron chi connectivity index (χ0n) is 8.41. The smallest absolute Gasteiger partial charge is 0.194 e. The highest BCUT2D eigenvalue weighted by molar-refractivity contribution is 5.26. The van der Waals surface area contributed by atoms with Crippen LogP contribution in [0.1, 0.15) is 33.6 Å². The average molecular weight is 183 g/mol. The van der Waals surface area contributed by atoms with Crippen LogP contribution in [0.15, 0.2) is 12.1 Å². The fourth-order valence-electron chi connectivity index (χ4n) is 1.53. The summed E-state index contributed by atoms with van der Waals surface area (Å²) in [7, 11) is 0. The van der Waals surface area contributed by atoms with Crippen molar-refractivity contribution in [2.75, 3.05) is 0 Å². The molecule has 0 saturated heterocycles. The first-order valence-corrected chi connectivity index (χ1v) is 4.65. The topological polar surface area (TPSA) is 45.4 Å². The highest BCUT2D eigenvalue weighted by atomic mass is 16.3. The second-order valence-electron chi connectivity index (χ2n) is 3.59. The van der Waals surface area contributed by atoms with Crippen LogP contribution in [-0.2, 0) is 5.54 Å². The number of aromatic hydroxyl groups is 2. The van der Waals surface area contributed by atoms with Gasteiger partial charge in [-0.05, 0) is 19.8 Å². The van der Waals surface area contributed by atoms with Crippen LogP contribution in [-0.4, -0.2) is 14.8 Å². The van der Waals surface area contributed by atoms with Crippen molar-refractivity contribution in [3.63, 3.8) is 0 Å². The van der Waals surface area contributed by atoms with Crippen LogP contribution in [0.25, 0.3) is 0 Å². The molecule has 0 radical (unpaired) electrons. The molecule has 0 saturated carbocycles. The summed E-state index contributed by atoms with van der Waals surface area (Å²) in [5.41, 5.74) is -0.197. The molecule has 0 unspecified atom stereocenters. The maximum atomic E-state index is 9.53. The molecule has 1 rings (SSSR count). The van der Waals surface area contributed by atoms with Crippen LogP contribution in [0.2, 0.25) is 0 Å². The second-order valence-corrected chi connectivity index (χ2v) is 3.59. The van der Waals surface area contributed by atoms with Crippen LogP contribution >= 0.6 is 0 Å². The molecule has 0 spiro atoms. The van der Waals surface area contributed by atoms with Gasteiger partial charge in [0.05, 0.1) is 0 Å². The quantitative estimate of drug-likeness (QED) is 0.756. The van der Waals surface area contributed by atoms with E-state index in [0.29, 0.717) is 0 Å². The normalized spacial score (nSPS) is 11.9. The third-order valence-corrected chi connectivity index (χ3v) is 2.90. The molecule has 0 aliphatic rings. The van der Waals surface area contributed by atoms with Gasteiger partial charge in [0, 0.05) is 17.7 Å². The summed E-state index contributed by atoms with van der Waals surface area (Å²) in [5.74, 6) is 0.257. The minimum atomic E-state index is -0.197. The largest absolute Gasteiger partial charge is 0.494 e. The summed E-state index contributed by atoms with van der Waals surface area (Å²) in [6.45, 7) is 6.11. The van der Waals surface area contributed by atoms with Crippen molar-refractivity contribution in [1.82, 2.24) is 4.57 Å². The molecule has 1 heterocycles. The van der Waals surface area contributed by atoms with E-state index in [1.54, 1.807) is 4.57 Å². The van der Waals surface area contributed by atoms with Crippen molar-refractivity contribution in [1.29, 1.82) is 0 Å². The van der Waals surface area contributed by atoms with Gasteiger partial charge in [0.15, 0.2) is 11.8 Å². The molecule has 0 atom stereocenters. The van der Waals surface area contributed by atoms with Gasteiger partial charge in [-0.25, -0.2) is 0 Å². The fraction of sp³-hybridized carbons (Fsp3) is 0.600. The lowest BCUT2D eigenvalue weighted by atomic mass is 9.95. The molecular formula is C10H17NO2. The minimum Gasteiger partial charge on any atom is -0.494 e. The Morgan fingerprint density at radius 1 is 1.15 bits per heavy atom. The third-order valence-electron chi connectivity index (χ3n) is 2.90. The number of nitrogens with zero attached hydrogens (tertiary/aromatic N) is 1. The van der Waals surface area contributed by atoms with Crippen LogP contribution in [0.3, 0.4) is 0 Å². The second kappa shape index (κ2) is 3.32. The zero-order valence-corrected chi connectivity index (χ0v) is 8.41. The van der Waals surface area contributed by atoms with E-state index in [1.165, 1.54) is 12.1 Å². The van der Waals surface area contributed by atoms with E-state index >= 15 is 0 Å². The number of rotatable bonds is 3. The van der Waals surface area contributed by atoms with Gasteiger partial charge in [0.2, 0.25) is 0 Å². The van der Waals surface area contributed by atoms with E-state index in [-0.39, 0.29) is 17.3 Å². The maximum Gasteiger partial charge on any atom is 0.194 e. The van der Waals surface area contributed by atoms with E-state index in [2.05, 4.69) is 0 Å². The van der Waals surface area contributed by atoms with Crippen molar-refractivity contribution >= 4 is 0 Å². The van der Waals surface area contributed by atoms with Crippen LogP contribution in [0, 0.1) is 0 Å². The van der Waals surface area contributed by atoms with Gasteiger partial charge in [-0.2, -0.15) is 0 Å². The van der Waals surface area contributed by atoms with E-state index in [9.17, 15) is 10.2 Å². The minimum absolute atomic E-state index is 0.128. The van der Waals surface area contributed by atoms with E-state index in [4.69, 9.17) is 0 Å². The monoisotopic (exact) mass is 183 g/mol. The molecule has 0 aromatic carbocycles. The molecular weight excluding hydrogens is 166 g/mol. The van der Waals surface area contributed by atoms with Gasteiger partial charge in [0.1, 0.15) is 0 Å². The van der Waals surface area contributed by atoms with Crippen LogP contribution in [0.5, 0.6) is 11.8 Å². The lowest BCUT2D eigenvalue weighted by Gasteiger charge is -2.30. The Morgan fingerprint density at radius 3 is 1.85 bits per heavy atom. The number of aromatic nitrogens is 1. The van der Waals surface area contributed by atoms with E-state index in [0.717, 1.165) is 12.8 Å². The first-order valence-electron chi connectivity index (χ1n) is 4.65. The molecule has 13 heavy (non-hydrogen) atoms. The Morgan fingerprint density at radius 2 is 1.54 bits per heavy atom. The molecule has 0 aliphatic heterocycles. The van der Waals surface area contributed by atoms with Crippen LogP contribution < -0.4 is 0 Å². The molecule has 0 fully saturated rings. The first kappa shape index (κ1) is 9.96. The zero-order chi connectivity index (χ0) is 10.1. The summed E-state index contributed by atoms with van der Waals surface area (Å²) in [5, 5.41) is 19.1. The average Bonchev–Trinajstić information content (AvgIpc) is 2.46. The Balaban J connectivity index is 3.18. The van der Waals surface area contributed by atoms with Gasteiger partial charge in [-0.3, -0.25) is 4.57 Å². The summed E-state index contributed by atoms with van der Waals surface area (Å²) < 4.78 is 1.58. The van der Waals surface area contributed by atoms with Gasteiger partial charge < -0.3 is 10.2 Å². The molecule has 1 aromatic heterocycles. The van der Waals surface area contributed by atoms with Crippen molar-refractivity contribution in [2.24, 2.45) is 0 Å². The molecule has 3 nitrogen and oxygen atoms in total. The molecule has 0 amide bonds. The SMILES string of the molecule is CCC(C)(CC)n1c(O)ccc1O. The van der Waals surface area contributed by atoms with E-state index in [1.807, 2.05) is 20.8 Å². The van der Waals surface area contributed by atoms with Crippen LogP contribution in [0.4, 0.5) is 0 Å². The number of hydrogen-bond donors (Lipinski definition) is 2. The molecule has 1 aromatic rings. The van der Waals surface area contributed by atoms with Crippen molar-refractivity contribution < 1.29 is 10.2 Å². The standard InChI is InChI=1S/C10H17NO2/c1-4-10(3,5-2)11-8(12)6-7-9(11)13/h6-7,12-13H,4-5H2,1-3H3. The third kappa shape index (κ3) is 1.50. The Bertz CT molecular complexity index is 268. The molecule has 0 bridgehead atoms. The van der Waals surface area contributed by atoms with Crippen molar-refractivity contribution in [3.05, 3.63) is 12.1 Å². The fourth-order valence-corrected chi connectivity index (χ4v) is 1.53. The molecule has 74 valence electrons. The molecule has 2 N–H and O–H groups in total. The van der Waals surface area contributed by atoms with Gasteiger partial charge in [0.25, 0.3) is 0 Å². The Labute approximate surface area is 78.6 Å². The summed E-state index contributed by atoms with van der Waals surface area (Å²) in [4.78, 5) is 0. The predicted molar refractivity (Wildman–Crippen MR) is 52.0 cm³/mol. The van der Waals surface area contributed by atoms with Crippen molar-refractivity contribution in [3.8, 4) is 11.8 Å². The predicted octanol–water partition coefficient (Wildman–Crippen LogP) is 2.43. The molecule has 0 aliphatic carbocycles. The Kier molecular flexibility index (Phi) is 2.55. The lowest BCUT2D eigenvalue weighted by Crippen LogP contribution is -2.27. The first-order chi connectivity index (χ1) is 6.05. The summed E-state index contributed by atoms with van der Waals surface area (Å²) >= 11 is 0. The number of hydrogen-bond acceptors (Lipinski definition) is 2. The van der Waals surface area contributed by atoms with Gasteiger partial charge >= 0.3 is 0 Å². The van der Waals surface area contributed by atoms with Gasteiger partial charge in [-0.15, -0.1) is 0 Å². The highest BCUT2D eigenvalue weighted by Crippen LogP contribution is 2.34. The summed E-state index contributed by atoms with van der Waals surface area (Å²) in [6, 6.07) is 3.03. The van der Waals surface area contributed by atoms with Gasteiger partial charge in [-0.1, -0.05) is 13.8 Å². The summed E-state index contributed by atoms with van der Waals surface area (Å²) in [6.07, 6.45) is 1.75. The van der Waals surface area contributed by atoms with E-state index < -0.39 is 0 Å². The Hall–Kier alpha value is -1.12. The maximum absolute atomic E-state index is 9.53. The lowest BCUT2D eigenvalue weighted by molar-refractivity contribution is 0.230. The molecule has 3 heteroatoms. The van der Waals surface area contributed by atoms with Crippen molar-refractivity contribution in [2.45, 2.75) is 39.2 Å².